The average Bonchev–Trinajstić information content (AvgIpc) is 3.04. The first-order chi connectivity index (χ1) is 14.1. The van der Waals surface area contributed by atoms with Gasteiger partial charge in [0.15, 0.2) is 0 Å². The molecule has 1 aliphatic heterocycles. The molecule has 2 bridgehead atoms. The third-order valence-electron chi connectivity index (χ3n) is 8.02. The number of benzene rings is 1. The standard InChI is InChI=1S/C24H36BNO4/c1-15(2)11-21(26-18(22(27)28)12-16-9-7-6-8-10-16)25-29-20-14-17-13-19(23(17,3)4)24(20,5)30-25/h6-10,15,17-21,26H,11-14H2,1-5H3,(H,27,28)/t17-,18-,19-,20-,21+,24-/m0/s1. The molecule has 1 aromatic rings. The lowest BCUT2D eigenvalue weighted by Crippen LogP contribution is -2.65. The fraction of sp³-hybridized carbons (Fsp3) is 0.708. The maximum absolute atomic E-state index is 12.1. The number of rotatable bonds is 8. The summed E-state index contributed by atoms with van der Waals surface area (Å²) in [6.07, 6.45) is 3.61. The summed E-state index contributed by atoms with van der Waals surface area (Å²) in [5.74, 6) is 0.610. The third-order valence-corrected chi connectivity index (χ3v) is 8.02. The molecule has 0 unspecified atom stereocenters. The molecule has 0 radical (unpaired) electrons. The van der Waals surface area contributed by atoms with Crippen molar-refractivity contribution in [2.45, 2.75) is 84.0 Å². The van der Waals surface area contributed by atoms with Gasteiger partial charge >= 0.3 is 13.1 Å². The van der Waals surface area contributed by atoms with Gasteiger partial charge in [-0.15, -0.1) is 0 Å². The number of hydrogen-bond donors (Lipinski definition) is 2. The van der Waals surface area contributed by atoms with E-state index in [1.165, 1.54) is 6.42 Å². The Labute approximate surface area is 181 Å². The number of aliphatic carboxylic acids is 1. The van der Waals surface area contributed by atoms with Gasteiger partial charge in [0.25, 0.3) is 0 Å². The van der Waals surface area contributed by atoms with E-state index in [1.807, 2.05) is 30.3 Å². The van der Waals surface area contributed by atoms with Crippen LogP contribution in [-0.4, -0.2) is 41.9 Å². The van der Waals surface area contributed by atoms with Gasteiger partial charge in [-0.25, -0.2) is 0 Å². The Bertz CT molecular complexity index is 770. The fourth-order valence-corrected chi connectivity index (χ4v) is 6.16. The molecule has 3 aliphatic carbocycles. The van der Waals surface area contributed by atoms with Crippen LogP contribution in [0.1, 0.15) is 59.4 Å². The average molecular weight is 413 g/mol. The summed E-state index contributed by atoms with van der Waals surface area (Å²) >= 11 is 0. The second kappa shape index (κ2) is 7.96. The molecule has 0 spiro atoms. The zero-order valence-electron chi connectivity index (χ0n) is 18.9. The minimum Gasteiger partial charge on any atom is -0.480 e. The second-order valence-electron chi connectivity index (χ2n) is 10.8. The molecule has 3 saturated carbocycles. The SMILES string of the molecule is CC(C)C[C@@H](N[C@@H](Cc1ccccc1)C(=O)O)B1O[C@H]2C[C@@H]3C[C@@H](C3(C)C)[C@]2(C)O1. The maximum atomic E-state index is 12.1. The molecule has 6 atom stereocenters. The van der Waals surface area contributed by atoms with Crippen LogP contribution in [0.25, 0.3) is 0 Å². The molecule has 4 fully saturated rings. The van der Waals surface area contributed by atoms with E-state index < -0.39 is 19.1 Å². The van der Waals surface area contributed by atoms with E-state index in [2.05, 4.69) is 39.9 Å². The lowest BCUT2D eigenvalue weighted by Gasteiger charge is -2.64. The molecule has 0 aromatic heterocycles. The molecule has 2 N–H and O–H groups in total. The van der Waals surface area contributed by atoms with Crippen LogP contribution in [0.5, 0.6) is 0 Å². The first-order valence-electron chi connectivity index (χ1n) is 11.5. The molecule has 5 nitrogen and oxygen atoms in total. The Hall–Kier alpha value is -1.37. The van der Waals surface area contributed by atoms with Crippen molar-refractivity contribution in [1.82, 2.24) is 5.32 Å². The molecule has 1 heterocycles. The summed E-state index contributed by atoms with van der Waals surface area (Å²) in [5.41, 5.74) is 1.02. The molecule has 1 aromatic carbocycles. The summed E-state index contributed by atoms with van der Waals surface area (Å²) in [5, 5.41) is 13.3. The number of carboxylic acids is 1. The first kappa shape index (κ1) is 21.9. The summed E-state index contributed by atoms with van der Waals surface area (Å²) in [4.78, 5) is 12.1. The van der Waals surface area contributed by atoms with Crippen LogP contribution in [0.3, 0.4) is 0 Å². The minimum atomic E-state index is -0.836. The number of carboxylic acid groups (broad SMARTS) is 1. The van der Waals surface area contributed by atoms with Gasteiger partial charge in [-0.3, -0.25) is 4.79 Å². The van der Waals surface area contributed by atoms with Crippen LogP contribution in [0.15, 0.2) is 30.3 Å². The van der Waals surface area contributed by atoms with E-state index in [0.29, 0.717) is 29.6 Å². The highest BCUT2D eigenvalue weighted by Gasteiger charge is 2.68. The van der Waals surface area contributed by atoms with Crippen molar-refractivity contribution >= 4 is 13.1 Å². The molecule has 5 rings (SSSR count). The van der Waals surface area contributed by atoms with E-state index in [-0.39, 0.29) is 17.6 Å². The van der Waals surface area contributed by atoms with Crippen LogP contribution in [0.2, 0.25) is 0 Å². The molecule has 0 amide bonds. The largest absolute Gasteiger partial charge is 0.480 e. The molecule has 1 saturated heterocycles. The van der Waals surface area contributed by atoms with Crippen LogP contribution < -0.4 is 5.32 Å². The summed E-state index contributed by atoms with van der Waals surface area (Å²) < 4.78 is 13.1. The lowest BCUT2D eigenvalue weighted by atomic mass is 9.43. The molecule has 6 heteroatoms. The minimum absolute atomic E-state index is 0.105. The normalized spacial score (nSPS) is 33.7. The maximum Gasteiger partial charge on any atom is 0.475 e. The molecule has 30 heavy (non-hydrogen) atoms. The Kier molecular flexibility index (Phi) is 5.80. The van der Waals surface area contributed by atoms with Gasteiger partial charge in [0.1, 0.15) is 6.04 Å². The second-order valence-corrected chi connectivity index (χ2v) is 10.8. The van der Waals surface area contributed by atoms with Gasteiger partial charge in [-0.05, 0) is 61.3 Å². The number of hydrogen-bond acceptors (Lipinski definition) is 4. The van der Waals surface area contributed by atoms with Gasteiger partial charge in [0, 0.05) is 5.94 Å². The van der Waals surface area contributed by atoms with Crippen molar-refractivity contribution in [3.63, 3.8) is 0 Å². The molecule has 164 valence electrons. The van der Waals surface area contributed by atoms with Crippen LogP contribution in [-0.2, 0) is 20.5 Å². The zero-order chi connectivity index (χ0) is 21.7. The van der Waals surface area contributed by atoms with E-state index in [9.17, 15) is 9.90 Å². The van der Waals surface area contributed by atoms with Crippen LogP contribution in [0, 0.1) is 23.2 Å². The van der Waals surface area contributed by atoms with E-state index >= 15 is 0 Å². The fourth-order valence-electron chi connectivity index (χ4n) is 6.16. The number of nitrogens with one attached hydrogen (secondary N) is 1. The van der Waals surface area contributed by atoms with E-state index in [0.717, 1.165) is 18.4 Å². The summed E-state index contributed by atoms with van der Waals surface area (Å²) in [6.45, 7) is 11.2. The van der Waals surface area contributed by atoms with Gasteiger partial charge in [-0.1, -0.05) is 58.0 Å². The van der Waals surface area contributed by atoms with E-state index in [1.54, 1.807) is 0 Å². The van der Waals surface area contributed by atoms with Crippen molar-refractivity contribution in [2.24, 2.45) is 23.2 Å². The van der Waals surface area contributed by atoms with Gasteiger partial charge in [-0.2, -0.15) is 0 Å². The zero-order valence-corrected chi connectivity index (χ0v) is 18.9. The van der Waals surface area contributed by atoms with Gasteiger partial charge < -0.3 is 19.7 Å². The molecular formula is C24H36BNO4. The predicted octanol–water partition coefficient (Wildman–Crippen LogP) is 3.95. The predicted molar refractivity (Wildman–Crippen MR) is 118 cm³/mol. The highest BCUT2D eigenvalue weighted by Crippen LogP contribution is 2.65. The number of carbonyl (C=O) groups is 1. The summed E-state index contributed by atoms with van der Waals surface area (Å²) in [6, 6.07) is 9.11. The lowest BCUT2D eigenvalue weighted by molar-refractivity contribution is -0.199. The molecule has 4 aliphatic rings. The van der Waals surface area contributed by atoms with Crippen molar-refractivity contribution in [1.29, 1.82) is 0 Å². The Morgan fingerprint density at radius 1 is 1.23 bits per heavy atom. The van der Waals surface area contributed by atoms with Crippen LogP contribution in [0.4, 0.5) is 0 Å². The van der Waals surface area contributed by atoms with Gasteiger partial charge in [0.2, 0.25) is 0 Å². The molecular weight excluding hydrogens is 377 g/mol. The Morgan fingerprint density at radius 2 is 1.93 bits per heavy atom. The van der Waals surface area contributed by atoms with Crippen LogP contribution >= 0.6 is 0 Å². The van der Waals surface area contributed by atoms with Crippen molar-refractivity contribution in [2.75, 3.05) is 0 Å². The third kappa shape index (κ3) is 3.83. The monoisotopic (exact) mass is 413 g/mol. The Morgan fingerprint density at radius 3 is 2.53 bits per heavy atom. The topological polar surface area (TPSA) is 67.8 Å². The highest BCUT2D eigenvalue weighted by atomic mass is 16.7. The van der Waals surface area contributed by atoms with E-state index in [4.69, 9.17) is 9.31 Å². The summed E-state index contributed by atoms with van der Waals surface area (Å²) in [7, 11) is -0.407. The first-order valence-corrected chi connectivity index (χ1v) is 11.5. The van der Waals surface area contributed by atoms with Crippen molar-refractivity contribution in [3.05, 3.63) is 35.9 Å². The van der Waals surface area contributed by atoms with Crippen molar-refractivity contribution in [3.8, 4) is 0 Å². The van der Waals surface area contributed by atoms with Crippen molar-refractivity contribution < 1.29 is 19.2 Å². The smallest absolute Gasteiger partial charge is 0.475 e. The highest BCUT2D eigenvalue weighted by molar-refractivity contribution is 6.47. The van der Waals surface area contributed by atoms with Gasteiger partial charge in [0.05, 0.1) is 11.7 Å². The Balaban J connectivity index is 1.51. The quantitative estimate of drug-likeness (QED) is 0.632.